The Morgan fingerprint density at radius 1 is 1.36 bits per heavy atom. The lowest BCUT2D eigenvalue weighted by molar-refractivity contribution is -0.929. The van der Waals surface area contributed by atoms with Crippen molar-refractivity contribution in [1.82, 2.24) is 0 Å². The Hall–Kier alpha value is -2.16. The smallest absolute Gasteiger partial charge is 0.283 e. The van der Waals surface area contributed by atoms with Gasteiger partial charge in [-0.2, -0.15) is 5.26 Å². The third-order valence-corrected chi connectivity index (χ3v) is 5.11. The summed E-state index contributed by atoms with van der Waals surface area (Å²) in [5, 5.41) is 14.4. The van der Waals surface area contributed by atoms with Crippen molar-refractivity contribution in [2.75, 3.05) is 11.9 Å². The largest absolute Gasteiger partial charge is 0.321 e. The molecule has 1 aliphatic heterocycles. The number of rotatable bonds is 3. The first-order valence-corrected chi connectivity index (χ1v) is 8.27. The number of hydrogen-bond donors (Lipinski definition) is 2. The van der Waals surface area contributed by atoms with E-state index >= 15 is 0 Å². The summed E-state index contributed by atoms with van der Waals surface area (Å²) in [5.74, 6) is -0.0201. The molecule has 1 aromatic heterocycles. The quantitative estimate of drug-likeness (QED) is 0.904. The Bertz CT molecular complexity index is 732. The third kappa shape index (κ3) is 2.89. The lowest BCUT2D eigenvalue weighted by atomic mass is 9.99. The molecule has 0 bridgehead atoms. The highest BCUT2D eigenvalue weighted by molar-refractivity contribution is 7.14. The molecule has 1 unspecified atom stereocenters. The number of nitriles is 1. The SMILES string of the molecule is C[C@H](C(=O)Nc1sccc1C#N)[NH+]1CCc2ccccc2C1. The second kappa shape index (κ2) is 6.30. The van der Waals surface area contributed by atoms with Crippen molar-refractivity contribution >= 4 is 22.2 Å². The van der Waals surface area contributed by atoms with Crippen molar-refractivity contribution in [2.24, 2.45) is 0 Å². The first-order chi connectivity index (χ1) is 10.7. The zero-order valence-corrected chi connectivity index (χ0v) is 13.2. The van der Waals surface area contributed by atoms with Crippen LogP contribution in [0.2, 0.25) is 0 Å². The van der Waals surface area contributed by atoms with Gasteiger partial charge in [0, 0.05) is 12.0 Å². The van der Waals surface area contributed by atoms with Crippen LogP contribution in [0.15, 0.2) is 35.7 Å². The molecule has 0 saturated heterocycles. The van der Waals surface area contributed by atoms with Crippen LogP contribution in [0.5, 0.6) is 0 Å². The summed E-state index contributed by atoms with van der Waals surface area (Å²) < 4.78 is 0. The maximum atomic E-state index is 12.5. The summed E-state index contributed by atoms with van der Waals surface area (Å²) in [6.07, 6.45) is 1.01. The predicted molar refractivity (Wildman–Crippen MR) is 86.8 cm³/mol. The molecule has 4 nitrogen and oxygen atoms in total. The van der Waals surface area contributed by atoms with Gasteiger partial charge >= 0.3 is 0 Å². The van der Waals surface area contributed by atoms with Gasteiger partial charge in [0.15, 0.2) is 6.04 Å². The Kier molecular flexibility index (Phi) is 4.23. The van der Waals surface area contributed by atoms with Crippen LogP contribution in [0.25, 0.3) is 0 Å². The first-order valence-electron chi connectivity index (χ1n) is 7.39. The van der Waals surface area contributed by atoms with Crippen LogP contribution in [0.1, 0.15) is 23.6 Å². The normalized spacial score (nSPS) is 18.1. The lowest BCUT2D eigenvalue weighted by Crippen LogP contribution is -3.16. The average molecular weight is 312 g/mol. The Morgan fingerprint density at radius 3 is 2.91 bits per heavy atom. The van der Waals surface area contributed by atoms with Crippen molar-refractivity contribution in [1.29, 1.82) is 5.26 Å². The van der Waals surface area contributed by atoms with E-state index in [0.29, 0.717) is 10.6 Å². The fourth-order valence-electron chi connectivity index (χ4n) is 2.87. The van der Waals surface area contributed by atoms with Gasteiger partial charge in [0.25, 0.3) is 5.91 Å². The number of hydrogen-bond acceptors (Lipinski definition) is 3. The molecule has 0 spiro atoms. The molecule has 1 aliphatic rings. The summed E-state index contributed by atoms with van der Waals surface area (Å²) in [5.41, 5.74) is 3.26. The van der Waals surface area contributed by atoms with E-state index in [0.717, 1.165) is 19.5 Å². The monoisotopic (exact) mass is 312 g/mol. The van der Waals surface area contributed by atoms with Crippen LogP contribution in [0.4, 0.5) is 5.00 Å². The molecule has 1 aromatic carbocycles. The molecule has 0 radical (unpaired) electrons. The van der Waals surface area contributed by atoms with Gasteiger partial charge in [-0.15, -0.1) is 11.3 Å². The molecule has 112 valence electrons. The van der Waals surface area contributed by atoms with Gasteiger partial charge in [0.1, 0.15) is 17.6 Å². The van der Waals surface area contributed by atoms with Crippen molar-refractivity contribution in [3.05, 3.63) is 52.4 Å². The number of fused-ring (bicyclic) bond motifs is 1. The van der Waals surface area contributed by atoms with Crippen LogP contribution < -0.4 is 10.2 Å². The van der Waals surface area contributed by atoms with E-state index in [1.807, 2.05) is 12.3 Å². The molecule has 0 fully saturated rings. The summed E-state index contributed by atoms with van der Waals surface area (Å²) in [4.78, 5) is 13.7. The molecule has 2 N–H and O–H groups in total. The highest BCUT2D eigenvalue weighted by Gasteiger charge is 2.29. The van der Waals surface area contributed by atoms with Gasteiger partial charge in [-0.3, -0.25) is 4.79 Å². The molecule has 0 aliphatic carbocycles. The first kappa shape index (κ1) is 14.8. The Labute approximate surface area is 134 Å². The average Bonchev–Trinajstić information content (AvgIpc) is 3.00. The van der Waals surface area contributed by atoms with Crippen LogP contribution in [-0.2, 0) is 17.8 Å². The van der Waals surface area contributed by atoms with Crippen molar-refractivity contribution in [3.8, 4) is 6.07 Å². The highest BCUT2D eigenvalue weighted by Crippen LogP contribution is 2.22. The second-order valence-electron chi connectivity index (χ2n) is 5.59. The number of anilines is 1. The lowest BCUT2D eigenvalue weighted by Gasteiger charge is -2.29. The topological polar surface area (TPSA) is 57.3 Å². The van der Waals surface area contributed by atoms with Crippen molar-refractivity contribution < 1.29 is 9.69 Å². The molecular weight excluding hydrogens is 294 g/mol. The van der Waals surface area contributed by atoms with E-state index in [1.54, 1.807) is 6.07 Å². The summed E-state index contributed by atoms with van der Waals surface area (Å²) >= 11 is 1.39. The van der Waals surface area contributed by atoms with Gasteiger partial charge in [0.2, 0.25) is 0 Å². The molecule has 0 saturated carbocycles. The summed E-state index contributed by atoms with van der Waals surface area (Å²) in [7, 11) is 0. The number of benzene rings is 1. The van der Waals surface area contributed by atoms with Gasteiger partial charge in [-0.05, 0) is 23.9 Å². The van der Waals surface area contributed by atoms with Crippen LogP contribution >= 0.6 is 11.3 Å². The zero-order chi connectivity index (χ0) is 15.5. The van der Waals surface area contributed by atoms with Crippen LogP contribution in [0, 0.1) is 11.3 Å². The summed E-state index contributed by atoms with van der Waals surface area (Å²) in [6, 6.07) is 12.1. The van der Waals surface area contributed by atoms with Crippen LogP contribution in [-0.4, -0.2) is 18.5 Å². The van der Waals surface area contributed by atoms with Crippen molar-refractivity contribution in [2.45, 2.75) is 25.9 Å². The van der Waals surface area contributed by atoms with Gasteiger partial charge in [-0.1, -0.05) is 24.3 Å². The van der Waals surface area contributed by atoms with E-state index in [1.165, 1.54) is 27.4 Å². The Balaban J connectivity index is 1.68. The van der Waals surface area contributed by atoms with Crippen molar-refractivity contribution in [3.63, 3.8) is 0 Å². The van der Waals surface area contributed by atoms with E-state index in [-0.39, 0.29) is 11.9 Å². The molecule has 2 atom stereocenters. The minimum Gasteiger partial charge on any atom is -0.321 e. The number of carbonyl (C=O) groups is 1. The molecule has 1 amide bonds. The Morgan fingerprint density at radius 2 is 2.14 bits per heavy atom. The van der Waals surface area contributed by atoms with Gasteiger partial charge in [0.05, 0.1) is 12.1 Å². The summed E-state index contributed by atoms with van der Waals surface area (Å²) in [6.45, 7) is 3.79. The fraction of sp³-hybridized carbons (Fsp3) is 0.294. The molecule has 2 heterocycles. The number of carbonyl (C=O) groups excluding carboxylic acids is 1. The number of amides is 1. The number of nitrogens with one attached hydrogen (secondary N) is 2. The van der Waals surface area contributed by atoms with E-state index < -0.39 is 0 Å². The van der Waals surface area contributed by atoms with E-state index in [9.17, 15) is 4.79 Å². The maximum Gasteiger partial charge on any atom is 0.283 e. The highest BCUT2D eigenvalue weighted by atomic mass is 32.1. The van der Waals surface area contributed by atoms with Gasteiger partial charge < -0.3 is 10.2 Å². The minimum atomic E-state index is -0.137. The van der Waals surface area contributed by atoms with E-state index in [4.69, 9.17) is 5.26 Å². The second-order valence-corrected chi connectivity index (χ2v) is 6.51. The number of quaternary nitrogens is 1. The maximum absolute atomic E-state index is 12.5. The molecular formula is C17H18N3OS+. The van der Waals surface area contributed by atoms with E-state index in [2.05, 4.69) is 35.7 Å². The molecule has 2 aromatic rings. The number of thiophene rings is 1. The third-order valence-electron chi connectivity index (χ3n) is 4.28. The minimum absolute atomic E-state index is 0.0201. The zero-order valence-electron chi connectivity index (χ0n) is 12.4. The predicted octanol–water partition coefficient (Wildman–Crippen LogP) is 1.59. The molecule has 3 rings (SSSR count). The molecule has 5 heteroatoms. The fourth-order valence-corrected chi connectivity index (χ4v) is 3.61. The molecule has 22 heavy (non-hydrogen) atoms. The standard InChI is InChI=1S/C17H17N3OS/c1-12(16(21)19-17-14(10-18)7-9-22-17)20-8-6-13-4-2-3-5-15(13)11-20/h2-5,7,9,12H,6,8,11H2,1H3,(H,19,21)/p+1/t12-/m1/s1. The van der Waals surface area contributed by atoms with Gasteiger partial charge in [-0.25, -0.2) is 0 Å². The number of nitrogens with zero attached hydrogens (tertiary/aromatic N) is 1. The van der Waals surface area contributed by atoms with Crippen LogP contribution in [0.3, 0.4) is 0 Å².